The van der Waals surface area contributed by atoms with E-state index in [2.05, 4.69) is 4.72 Å². The molecule has 1 aliphatic rings. The number of ether oxygens (including phenoxy) is 2. The maximum atomic E-state index is 14.6. The highest BCUT2D eigenvalue weighted by Crippen LogP contribution is 2.37. The Labute approximate surface area is 181 Å². The molecule has 0 fully saturated rings. The Hall–Kier alpha value is -3.17. The summed E-state index contributed by atoms with van der Waals surface area (Å²) >= 11 is 6.12. The van der Waals surface area contributed by atoms with Crippen LogP contribution in [0, 0.1) is 11.6 Å². The summed E-state index contributed by atoms with van der Waals surface area (Å²) in [5, 5.41) is -0.159. The zero-order valence-corrected chi connectivity index (χ0v) is 17.5. The number of benzene rings is 3. The van der Waals surface area contributed by atoms with Gasteiger partial charge < -0.3 is 9.47 Å². The normalized spacial score (nSPS) is 14.8. The van der Waals surface area contributed by atoms with Crippen molar-refractivity contribution in [3.8, 4) is 16.9 Å². The van der Waals surface area contributed by atoms with Gasteiger partial charge in [-0.25, -0.2) is 22.0 Å². The van der Waals surface area contributed by atoms with Gasteiger partial charge in [0.25, 0.3) is 10.0 Å². The lowest BCUT2D eigenvalue weighted by Gasteiger charge is -2.15. The number of fused-ring (bicyclic) bond motifs is 6. The average Bonchev–Trinajstić information content (AvgIpc) is 2.73. The quantitative estimate of drug-likeness (QED) is 0.524. The summed E-state index contributed by atoms with van der Waals surface area (Å²) in [6.07, 6.45) is 0. The van der Waals surface area contributed by atoms with Crippen LogP contribution in [0.25, 0.3) is 11.1 Å². The Morgan fingerprint density at radius 1 is 1.06 bits per heavy atom. The summed E-state index contributed by atoms with van der Waals surface area (Å²) in [5.74, 6) is -3.12. The maximum absolute atomic E-state index is 14.6. The van der Waals surface area contributed by atoms with Crippen molar-refractivity contribution in [3.63, 3.8) is 0 Å². The Morgan fingerprint density at radius 3 is 2.55 bits per heavy atom. The number of hydrogen-bond acceptors (Lipinski definition) is 5. The third kappa shape index (κ3) is 3.82. The largest absolute Gasteiger partial charge is 0.494 e. The van der Waals surface area contributed by atoms with Crippen LogP contribution < -0.4 is 9.46 Å². The van der Waals surface area contributed by atoms with Crippen LogP contribution in [-0.4, -0.2) is 21.5 Å². The predicted molar refractivity (Wildman–Crippen MR) is 110 cm³/mol. The van der Waals surface area contributed by atoms with E-state index in [0.29, 0.717) is 17.2 Å². The zero-order chi connectivity index (χ0) is 22.3. The third-order valence-corrected chi connectivity index (χ3v) is 6.36. The van der Waals surface area contributed by atoms with Crippen molar-refractivity contribution in [2.75, 3.05) is 11.8 Å². The van der Waals surface area contributed by atoms with Crippen LogP contribution in [0.3, 0.4) is 0 Å². The molecule has 3 aromatic carbocycles. The standard InChI is InChI=1S/C21H14ClF2NO5S/c1-29-20-15(22)6-12-7-19(20)31(27,28)25-18-8-14(16(23)9-17(18)24)13-5-3-2-4-11(13)10-30-21(12)26/h2-9,25H,10H2,1H3. The van der Waals surface area contributed by atoms with Crippen LogP contribution in [0.15, 0.2) is 53.4 Å². The van der Waals surface area contributed by atoms with Gasteiger partial charge in [0.2, 0.25) is 0 Å². The molecule has 1 aliphatic heterocycles. The van der Waals surface area contributed by atoms with Crippen molar-refractivity contribution >= 4 is 33.3 Å². The molecule has 1 N–H and O–H groups in total. The number of sulfonamides is 1. The fourth-order valence-electron chi connectivity index (χ4n) is 3.25. The highest BCUT2D eigenvalue weighted by molar-refractivity contribution is 7.92. The Balaban J connectivity index is 2.02. The fourth-order valence-corrected chi connectivity index (χ4v) is 4.88. The van der Waals surface area contributed by atoms with Crippen LogP contribution in [-0.2, 0) is 21.4 Å². The average molecular weight is 466 g/mol. The van der Waals surface area contributed by atoms with Gasteiger partial charge in [-0.05, 0) is 29.3 Å². The fraction of sp³-hybridized carbons (Fsp3) is 0.0952. The number of halogens is 3. The van der Waals surface area contributed by atoms with E-state index in [1.54, 1.807) is 24.3 Å². The van der Waals surface area contributed by atoms with E-state index in [-0.39, 0.29) is 28.5 Å². The van der Waals surface area contributed by atoms with Gasteiger partial charge in [-0.15, -0.1) is 0 Å². The molecule has 3 aromatic rings. The molecule has 6 nitrogen and oxygen atoms in total. The highest BCUT2D eigenvalue weighted by Gasteiger charge is 2.27. The van der Waals surface area contributed by atoms with Crippen molar-refractivity contribution in [1.29, 1.82) is 0 Å². The number of hydrogen-bond donors (Lipinski definition) is 1. The van der Waals surface area contributed by atoms with E-state index in [4.69, 9.17) is 21.1 Å². The molecular formula is C21H14ClF2NO5S. The Kier molecular flexibility index (Phi) is 5.32. The van der Waals surface area contributed by atoms with E-state index in [1.165, 1.54) is 13.2 Å². The molecule has 0 atom stereocenters. The first-order valence-corrected chi connectivity index (χ1v) is 10.7. The van der Waals surface area contributed by atoms with Crippen LogP contribution in [0.2, 0.25) is 5.02 Å². The summed E-state index contributed by atoms with van der Waals surface area (Å²) in [4.78, 5) is 12.1. The molecule has 4 rings (SSSR count). The first-order valence-electron chi connectivity index (χ1n) is 8.86. The van der Waals surface area contributed by atoms with E-state index in [1.807, 2.05) is 0 Å². The van der Waals surface area contributed by atoms with Crippen molar-refractivity contribution in [3.05, 3.63) is 76.3 Å². The summed E-state index contributed by atoms with van der Waals surface area (Å²) in [6, 6.07) is 10.3. The second kappa shape index (κ2) is 7.82. The second-order valence-corrected chi connectivity index (χ2v) is 8.70. The molecule has 1 heterocycles. The molecule has 0 unspecified atom stereocenters. The zero-order valence-electron chi connectivity index (χ0n) is 15.9. The SMILES string of the molecule is COc1c(Cl)cc2cc1S(=O)(=O)Nc1cc(c(F)cc1F)-c1ccccc1COC2=O. The molecule has 0 aliphatic carbocycles. The van der Waals surface area contributed by atoms with Gasteiger partial charge in [-0.1, -0.05) is 35.9 Å². The number of carbonyl (C=O) groups is 1. The minimum Gasteiger partial charge on any atom is -0.494 e. The number of cyclic esters (lactones) is 1. The molecule has 0 radical (unpaired) electrons. The number of esters is 1. The molecule has 0 saturated heterocycles. The summed E-state index contributed by atoms with van der Waals surface area (Å²) in [7, 11) is -3.30. The number of carbonyl (C=O) groups excluding carboxylic acids is 1. The number of rotatable bonds is 1. The lowest BCUT2D eigenvalue weighted by Crippen LogP contribution is -2.16. The van der Waals surface area contributed by atoms with Crippen LogP contribution in [0.4, 0.5) is 14.5 Å². The van der Waals surface area contributed by atoms with Crippen molar-refractivity contribution in [2.45, 2.75) is 11.5 Å². The molecule has 0 aromatic heterocycles. The van der Waals surface area contributed by atoms with E-state index in [0.717, 1.165) is 12.1 Å². The lowest BCUT2D eigenvalue weighted by molar-refractivity contribution is 0.0473. The smallest absolute Gasteiger partial charge is 0.338 e. The first kappa shape index (κ1) is 21.1. The minimum atomic E-state index is -4.49. The Morgan fingerprint density at radius 2 is 1.81 bits per heavy atom. The van der Waals surface area contributed by atoms with Crippen molar-refractivity contribution in [1.82, 2.24) is 0 Å². The predicted octanol–water partition coefficient (Wildman–Crippen LogP) is 4.77. The number of methoxy groups -OCH3 is 1. The molecule has 10 heteroatoms. The molecule has 0 saturated carbocycles. The summed E-state index contributed by atoms with van der Waals surface area (Å²) in [5.41, 5.74) is 0.0494. The molecule has 160 valence electrons. The first-order chi connectivity index (χ1) is 14.7. The number of nitrogens with one attached hydrogen (secondary N) is 1. The summed E-state index contributed by atoms with van der Waals surface area (Å²) in [6.45, 7) is -0.236. The number of anilines is 1. The monoisotopic (exact) mass is 465 g/mol. The summed E-state index contributed by atoms with van der Waals surface area (Å²) < 4.78 is 67.6. The molecule has 0 amide bonds. The van der Waals surface area contributed by atoms with E-state index < -0.39 is 38.2 Å². The van der Waals surface area contributed by atoms with Crippen LogP contribution in [0.1, 0.15) is 15.9 Å². The maximum Gasteiger partial charge on any atom is 0.338 e. The lowest BCUT2D eigenvalue weighted by atomic mass is 9.99. The van der Waals surface area contributed by atoms with Gasteiger partial charge in [0, 0.05) is 11.6 Å². The second-order valence-electron chi connectivity index (χ2n) is 6.64. The van der Waals surface area contributed by atoms with E-state index in [9.17, 15) is 22.0 Å². The van der Waals surface area contributed by atoms with Gasteiger partial charge in [0.05, 0.1) is 23.4 Å². The van der Waals surface area contributed by atoms with Crippen LogP contribution in [0.5, 0.6) is 5.75 Å². The molecular weight excluding hydrogens is 452 g/mol. The molecule has 4 bridgehead atoms. The van der Waals surface area contributed by atoms with Gasteiger partial charge >= 0.3 is 5.97 Å². The molecule has 0 spiro atoms. The molecule has 31 heavy (non-hydrogen) atoms. The van der Waals surface area contributed by atoms with Crippen LogP contribution >= 0.6 is 11.6 Å². The van der Waals surface area contributed by atoms with Gasteiger partial charge in [0.15, 0.2) is 5.75 Å². The third-order valence-electron chi connectivity index (χ3n) is 4.71. The minimum absolute atomic E-state index is 0.0679. The van der Waals surface area contributed by atoms with Gasteiger partial charge in [-0.2, -0.15) is 0 Å². The van der Waals surface area contributed by atoms with Crippen molar-refractivity contribution in [2.24, 2.45) is 0 Å². The highest BCUT2D eigenvalue weighted by atomic mass is 35.5. The topological polar surface area (TPSA) is 81.7 Å². The Bertz CT molecular complexity index is 1330. The van der Waals surface area contributed by atoms with Gasteiger partial charge in [-0.3, -0.25) is 4.72 Å². The van der Waals surface area contributed by atoms with E-state index >= 15 is 0 Å². The van der Waals surface area contributed by atoms with Crippen molar-refractivity contribution < 1.29 is 31.5 Å². The van der Waals surface area contributed by atoms with Gasteiger partial charge in [0.1, 0.15) is 23.1 Å².